The van der Waals surface area contributed by atoms with E-state index < -0.39 is 11.4 Å². The number of carboxylic acid groups (broad SMARTS) is 1. The third kappa shape index (κ3) is 3.53. The maximum atomic E-state index is 12.3. The Morgan fingerprint density at radius 1 is 1.48 bits per heavy atom. The summed E-state index contributed by atoms with van der Waals surface area (Å²) in [7, 11) is 0. The lowest BCUT2D eigenvalue weighted by Crippen LogP contribution is -2.49. The van der Waals surface area contributed by atoms with E-state index in [-0.39, 0.29) is 5.91 Å². The number of thiophene rings is 1. The highest BCUT2D eigenvalue weighted by Crippen LogP contribution is 2.33. The first-order valence-corrected chi connectivity index (χ1v) is 8.05. The number of carbonyl (C=O) groups excluding carboxylic acids is 1. The fraction of sp³-hybridized carbons (Fsp3) is 0.500. The van der Waals surface area contributed by atoms with E-state index in [0.717, 1.165) is 11.3 Å². The fourth-order valence-corrected chi connectivity index (χ4v) is 3.52. The summed E-state index contributed by atoms with van der Waals surface area (Å²) >= 11 is 1.63. The van der Waals surface area contributed by atoms with Crippen LogP contribution in [-0.2, 0) is 9.59 Å². The summed E-state index contributed by atoms with van der Waals surface area (Å²) in [4.78, 5) is 27.7. The van der Waals surface area contributed by atoms with E-state index in [0.29, 0.717) is 25.9 Å². The molecule has 1 saturated heterocycles. The number of piperidine rings is 1. The SMILES string of the molecule is CCC1(C(=O)O)CCCN(C(=O)C=Cc2ccc(C)s2)C1. The molecule has 2 rings (SSSR count). The lowest BCUT2D eigenvalue weighted by atomic mass is 9.77. The monoisotopic (exact) mass is 307 g/mol. The Morgan fingerprint density at radius 2 is 2.24 bits per heavy atom. The van der Waals surface area contributed by atoms with Crippen LogP contribution in [0.15, 0.2) is 18.2 Å². The number of amides is 1. The number of nitrogens with zero attached hydrogens (tertiary/aromatic N) is 1. The Balaban J connectivity index is 2.05. The van der Waals surface area contributed by atoms with Crippen molar-refractivity contribution in [2.75, 3.05) is 13.1 Å². The van der Waals surface area contributed by atoms with Crippen LogP contribution < -0.4 is 0 Å². The van der Waals surface area contributed by atoms with Gasteiger partial charge >= 0.3 is 5.97 Å². The van der Waals surface area contributed by atoms with Gasteiger partial charge in [-0.1, -0.05) is 6.92 Å². The van der Waals surface area contributed by atoms with Crippen LogP contribution in [0.5, 0.6) is 0 Å². The number of aliphatic carboxylic acids is 1. The first-order valence-electron chi connectivity index (χ1n) is 7.24. The second-order valence-corrected chi connectivity index (χ2v) is 6.90. The highest BCUT2D eigenvalue weighted by molar-refractivity contribution is 7.12. The van der Waals surface area contributed by atoms with E-state index in [4.69, 9.17) is 0 Å². The molecule has 4 nitrogen and oxygen atoms in total. The Bertz CT molecular complexity index is 564. The van der Waals surface area contributed by atoms with Gasteiger partial charge in [-0.25, -0.2) is 0 Å². The Hall–Kier alpha value is -1.62. The highest BCUT2D eigenvalue weighted by Gasteiger charge is 2.41. The molecule has 1 amide bonds. The second kappa shape index (κ2) is 6.43. The predicted octanol–water partition coefficient (Wildman–Crippen LogP) is 3.17. The van der Waals surface area contributed by atoms with Crippen molar-refractivity contribution in [2.45, 2.75) is 33.1 Å². The number of hydrogen-bond donors (Lipinski definition) is 1. The van der Waals surface area contributed by atoms with Gasteiger partial charge in [0.2, 0.25) is 5.91 Å². The molecule has 0 aliphatic carbocycles. The summed E-state index contributed by atoms with van der Waals surface area (Å²) in [5.74, 6) is -0.889. The number of aryl methyl sites for hydroxylation is 1. The van der Waals surface area contributed by atoms with Gasteiger partial charge in [0, 0.05) is 28.9 Å². The summed E-state index contributed by atoms with van der Waals surface area (Å²) in [6.07, 6.45) is 5.32. The van der Waals surface area contributed by atoms with Crippen molar-refractivity contribution in [1.29, 1.82) is 0 Å². The third-order valence-electron chi connectivity index (χ3n) is 4.17. The van der Waals surface area contributed by atoms with E-state index in [2.05, 4.69) is 0 Å². The number of rotatable bonds is 4. The van der Waals surface area contributed by atoms with Crippen LogP contribution in [0.1, 0.15) is 35.9 Å². The minimum absolute atomic E-state index is 0.0974. The molecular formula is C16H21NO3S. The fourth-order valence-electron chi connectivity index (χ4n) is 2.74. The van der Waals surface area contributed by atoms with Crippen LogP contribution in [0, 0.1) is 12.3 Å². The summed E-state index contributed by atoms with van der Waals surface area (Å²) in [6.45, 7) is 4.86. The molecule has 2 heterocycles. The highest BCUT2D eigenvalue weighted by atomic mass is 32.1. The molecule has 0 saturated carbocycles. The Labute approximate surface area is 129 Å². The second-order valence-electron chi connectivity index (χ2n) is 5.58. The lowest BCUT2D eigenvalue weighted by molar-refractivity contribution is -0.154. The Morgan fingerprint density at radius 3 is 2.81 bits per heavy atom. The number of carbonyl (C=O) groups is 2. The first kappa shape index (κ1) is 15.8. The van der Waals surface area contributed by atoms with Gasteiger partial charge in [0.05, 0.1) is 5.41 Å². The van der Waals surface area contributed by atoms with Gasteiger partial charge in [-0.3, -0.25) is 9.59 Å². The molecule has 0 bridgehead atoms. The van der Waals surface area contributed by atoms with E-state index >= 15 is 0 Å². The van der Waals surface area contributed by atoms with Gasteiger partial charge in [0.15, 0.2) is 0 Å². The molecule has 1 fully saturated rings. The Kier molecular flexibility index (Phi) is 4.83. The largest absolute Gasteiger partial charge is 0.481 e. The van der Waals surface area contributed by atoms with Gasteiger partial charge in [-0.15, -0.1) is 11.3 Å². The zero-order valence-corrected chi connectivity index (χ0v) is 13.3. The molecule has 5 heteroatoms. The van der Waals surface area contributed by atoms with Crippen LogP contribution in [0.3, 0.4) is 0 Å². The molecule has 1 unspecified atom stereocenters. The quantitative estimate of drug-likeness (QED) is 0.869. The zero-order valence-electron chi connectivity index (χ0n) is 12.5. The molecule has 1 N–H and O–H groups in total. The van der Waals surface area contributed by atoms with Crippen LogP contribution in [-0.4, -0.2) is 35.0 Å². The molecule has 0 aromatic carbocycles. The van der Waals surface area contributed by atoms with Crippen molar-refractivity contribution in [3.05, 3.63) is 28.0 Å². The van der Waals surface area contributed by atoms with Gasteiger partial charge in [0.1, 0.15) is 0 Å². The number of likely N-dealkylation sites (tertiary alicyclic amines) is 1. The van der Waals surface area contributed by atoms with Gasteiger partial charge in [-0.2, -0.15) is 0 Å². The zero-order chi connectivity index (χ0) is 15.5. The molecule has 1 aromatic heterocycles. The van der Waals surface area contributed by atoms with E-state index in [9.17, 15) is 14.7 Å². The van der Waals surface area contributed by atoms with Gasteiger partial charge in [-0.05, 0) is 44.4 Å². The van der Waals surface area contributed by atoms with Crippen molar-refractivity contribution >= 4 is 29.3 Å². The molecular weight excluding hydrogens is 286 g/mol. The average molecular weight is 307 g/mol. The molecule has 114 valence electrons. The summed E-state index contributed by atoms with van der Waals surface area (Å²) in [5.41, 5.74) is -0.777. The predicted molar refractivity (Wildman–Crippen MR) is 84.3 cm³/mol. The molecule has 0 spiro atoms. The minimum Gasteiger partial charge on any atom is -0.481 e. The van der Waals surface area contributed by atoms with Crippen LogP contribution >= 0.6 is 11.3 Å². The molecule has 0 radical (unpaired) electrons. The van der Waals surface area contributed by atoms with Crippen molar-refractivity contribution in [3.8, 4) is 0 Å². The van der Waals surface area contributed by atoms with Gasteiger partial charge in [0.25, 0.3) is 0 Å². The third-order valence-corrected chi connectivity index (χ3v) is 5.14. The summed E-state index contributed by atoms with van der Waals surface area (Å²) in [5, 5.41) is 9.44. The molecule has 21 heavy (non-hydrogen) atoms. The van der Waals surface area contributed by atoms with Crippen LogP contribution in [0.2, 0.25) is 0 Å². The maximum absolute atomic E-state index is 12.3. The maximum Gasteiger partial charge on any atom is 0.311 e. The molecule has 1 atom stereocenters. The van der Waals surface area contributed by atoms with Crippen molar-refractivity contribution in [2.24, 2.45) is 5.41 Å². The summed E-state index contributed by atoms with van der Waals surface area (Å²) < 4.78 is 0. The number of carboxylic acids is 1. The smallest absolute Gasteiger partial charge is 0.311 e. The lowest BCUT2D eigenvalue weighted by Gasteiger charge is -2.39. The molecule has 1 aliphatic rings. The molecule has 1 aliphatic heterocycles. The van der Waals surface area contributed by atoms with Crippen LogP contribution in [0.4, 0.5) is 0 Å². The van der Waals surface area contributed by atoms with Crippen molar-refractivity contribution < 1.29 is 14.7 Å². The minimum atomic E-state index is -0.791. The topological polar surface area (TPSA) is 57.6 Å². The van der Waals surface area contributed by atoms with Gasteiger partial charge < -0.3 is 10.0 Å². The van der Waals surface area contributed by atoms with E-state index in [1.807, 2.05) is 32.1 Å². The first-order chi connectivity index (χ1) is 9.97. The standard InChI is InChI=1S/C16H21NO3S/c1-3-16(15(19)20)9-4-10-17(11-16)14(18)8-7-13-6-5-12(2)21-13/h5-8H,3-4,9-11H2,1-2H3,(H,19,20). The van der Waals surface area contributed by atoms with E-state index in [1.165, 1.54) is 4.88 Å². The molecule has 1 aromatic rings. The summed E-state index contributed by atoms with van der Waals surface area (Å²) in [6, 6.07) is 4.00. The van der Waals surface area contributed by atoms with Crippen LogP contribution in [0.25, 0.3) is 6.08 Å². The number of hydrogen-bond acceptors (Lipinski definition) is 3. The van der Waals surface area contributed by atoms with Crippen molar-refractivity contribution in [3.63, 3.8) is 0 Å². The van der Waals surface area contributed by atoms with E-state index in [1.54, 1.807) is 22.3 Å². The average Bonchev–Trinajstić information content (AvgIpc) is 2.90. The normalized spacial score (nSPS) is 22.7. The van der Waals surface area contributed by atoms with Crippen molar-refractivity contribution in [1.82, 2.24) is 4.90 Å².